The molecule has 4 aromatic rings. The fourth-order valence-corrected chi connectivity index (χ4v) is 4.14. The number of hydrogen-bond donors (Lipinski definition) is 2. The van der Waals surface area contributed by atoms with E-state index in [0.29, 0.717) is 11.7 Å². The van der Waals surface area contributed by atoms with Gasteiger partial charge in [0.15, 0.2) is 11.6 Å². The van der Waals surface area contributed by atoms with Crippen LogP contribution in [-0.2, 0) is 6.42 Å². The van der Waals surface area contributed by atoms with Gasteiger partial charge in [0, 0.05) is 17.9 Å². The number of rotatable bonds is 5. The molecule has 2 N–H and O–H groups in total. The highest BCUT2D eigenvalue weighted by molar-refractivity contribution is 5.80. The summed E-state index contributed by atoms with van der Waals surface area (Å²) in [5.74, 6) is 3.12. The summed E-state index contributed by atoms with van der Waals surface area (Å²) >= 11 is 0. The van der Waals surface area contributed by atoms with Gasteiger partial charge in [-0.3, -0.25) is 5.10 Å². The minimum absolute atomic E-state index is 0.526. The van der Waals surface area contributed by atoms with E-state index < -0.39 is 0 Å². The quantitative estimate of drug-likeness (QED) is 0.534. The van der Waals surface area contributed by atoms with E-state index in [1.165, 1.54) is 37.7 Å². The van der Waals surface area contributed by atoms with Crippen LogP contribution in [0.1, 0.15) is 55.2 Å². The van der Waals surface area contributed by atoms with Crippen LogP contribution in [0.4, 0.5) is 0 Å². The summed E-state index contributed by atoms with van der Waals surface area (Å²) in [7, 11) is 0. The Kier molecular flexibility index (Phi) is 4.86. The van der Waals surface area contributed by atoms with Crippen molar-refractivity contribution in [3.8, 4) is 22.5 Å². The number of tetrazole rings is 1. The smallest absolute Gasteiger partial charge is 0.180 e. The van der Waals surface area contributed by atoms with Gasteiger partial charge in [0.1, 0.15) is 5.82 Å². The van der Waals surface area contributed by atoms with E-state index in [1.807, 2.05) is 18.2 Å². The molecule has 29 heavy (non-hydrogen) atoms. The molecule has 0 amide bonds. The molecule has 1 saturated carbocycles. The second-order valence-electron chi connectivity index (χ2n) is 7.64. The van der Waals surface area contributed by atoms with Gasteiger partial charge in [-0.1, -0.05) is 67.8 Å². The molecule has 1 fully saturated rings. The van der Waals surface area contributed by atoms with Crippen LogP contribution in [0.3, 0.4) is 0 Å². The molecule has 2 heterocycles. The first kappa shape index (κ1) is 17.7. The third-order valence-electron chi connectivity index (χ3n) is 5.68. The molecule has 146 valence electrons. The van der Waals surface area contributed by atoms with Crippen molar-refractivity contribution in [2.45, 2.75) is 44.4 Å². The average molecular weight is 385 g/mol. The van der Waals surface area contributed by atoms with Gasteiger partial charge < -0.3 is 0 Å². The van der Waals surface area contributed by atoms with Crippen molar-refractivity contribution in [3.63, 3.8) is 0 Å². The van der Waals surface area contributed by atoms with Crippen LogP contribution < -0.4 is 0 Å². The summed E-state index contributed by atoms with van der Waals surface area (Å²) < 4.78 is 0. The van der Waals surface area contributed by atoms with Gasteiger partial charge in [0.2, 0.25) is 0 Å². The number of aromatic nitrogens is 7. The SMILES string of the molecule is c1ccc(-c2nnn[nH]2)c(-c2ccc(Cc3nc(C4CCCCC4)n[nH]3)cc2)c1. The van der Waals surface area contributed by atoms with Gasteiger partial charge in [0.05, 0.1) is 0 Å². The summed E-state index contributed by atoms with van der Waals surface area (Å²) in [6, 6.07) is 16.7. The zero-order valence-corrected chi connectivity index (χ0v) is 16.2. The number of nitrogens with one attached hydrogen (secondary N) is 2. The summed E-state index contributed by atoms with van der Waals surface area (Å²) in [4.78, 5) is 4.76. The maximum atomic E-state index is 4.76. The van der Waals surface area contributed by atoms with Crippen LogP contribution in [0.15, 0.2) is 48.5 Å². The number of H-pyrrole nitrogens is 2. The van der Waals surface area contributed by atoms with Crippen LogP contribution in [0.25, 0.3) is 22.5 Å². The lowest BCUT2D eigenvalue weighted by Crippen LogP contribution is -2.06. The lowest BCUT2D eigenvalue weighted by atomic mass is 9.89. The number of aromatic amines is 2. The largest absolute Gasteiger partial charge is 0.263 e. The molecule has 0 atom stereocenters. The van der Waals surface area contributed by atoms with E-state index in [1.54, 1.807) is 0 Å². The van der Waals surface area contributed by atoms with E-state index >= 15 is 0 Å². The second kappa shape index (κ2) is 7.95. The van der Waals surface area contributed by atoms with E-state index in [4.69, 9.17) is 4.98 Å². The maximum Gasteiger partial charge on any atom is 0.180 e. The lowest BCUT2D eigenvalue weighted by molar-refractivity contribution is 0.429. The lowest BCUT2D eigenvalue weighted by Gasteiger charge is -2.18. The second-order valence-corrected chi connectivity index (χ2v) is 7.64. The molecular formula is C22H23N7. The van der Waals surface area contributed by atoms with Crippen molar-refractivity contribution in [1.82, 2.24) is 35.8 Å². The normalized spacial score (nSPS) is 14.9. The van der Waals surface area contributed by atoms with Gasteiger partial charge >= 0.3 is 0 Å². The predicted octanol–water partition coefficient (Wildman–Crippen LogP) is 4.29. The van der Waals surface area contributed by atoms with Crippen molar-refractivity contribution in [3.05, 3.63) is 65.7 Å². The summed E-state index contributed by atoms with van der Waals surface area (Å²) in [5, 5.41) is 21.9. The number of benzene rings is 2. The highest BCUT2D eigenvalue weighted by Gasteiger charge is 2.19. The zero-order chi connectivity index (χ0) is 19.5. The standard InChI is InChI=1S/C22H23N7/c1-2-6-17(7-3-1)21-23-20(24-25-21)14-15-10-12-16(13-11-15)18-8-4-5-9-19(18)22-26-28-29-27-22/h4-5,8-13,17H,1-3,6-7,14H2,(H,23,24,25)(H,26,27,28,29). The van der Waals surface area contributed by atoms with Gasteiger partial charge in [-0.05, 0) is 40.0 Å². The van der Waals surface area contributed by atoms with Crippen LogP contribution in [-0.4, -0.2) is 35.8 Å². The van der Waals surface area contributed by atoms with Gasteiger partial charge in [-0.15, -0.1) is 5.10 Å². The first-order chi connectivity index (χ1) is 14.4. The molecule has 0 bridgehead atoms. The van der Waals surface area contributed by atoms with Crippen molar-refractivity contribution in [2.24, 2.45) is 0 Å². The van der Waals surface area contributed by atoms with Crippen LogP contribution in [0.2, 0.25) is 0 Å². The van der Waals surface area contributed by atoms with Gasteiger partial charge in [-0.2, -0.15) is 5.10 Å². The number of nitrogens with zero attached hydrogens (tertiary/aromatic N) is 5. The Bertz CT molecular complexity index is 1060. The monoisotopic (exact) mass is 385 g/mol. The summed E-state index contributed by atoms with van der Waals surface area (Å²) in [5.41, 5.74) is 4.41. The van der Waals surface area contributed by atoms with E-state index in [2.05, 4.69) is 61.2 Å². The summed E-state index contributed by atoms with van der Waals surface area (Å²) in [6.07, 6.45) is 7.12. The molecule has 7 nitrogen and oxygen atoms in total. The third kappa shape index (κ3) is 3.81. The molecule has 0 aliphatic heterocycles. The molecule has 1 aliphatic carbocycles. The molecule has 0 unspecified atom stereocenters. The minimum atomic E-state index is 0.526. The Morgan fingerprint density at radius 2 is 1.66 bits per heavy atom. The highest BCUT2D eigenvalue weighted by Crippen LogP contribution is 2.31. The van der Waals surface area contributed by atoms with Crippen LogP contribution in [0, 0.1) is 0 Å². The van der Waals surface area contributed by atoms with Crippen molar-refractivity contribution >= 4 is 0 Å². The molecule has 2 aromatic heterocycles. The Labute approximate surface area is 169 Å². The molecule has 0 radical (unpaired) electrons. The van der Waals surface area contributed by atoms with E-state index in [9.17, 15) is 0 Å². The van der Waals surface area contributed by atoms with Crippen molar-refractivity contribution in [1.29, 1.82) is 0 Å². The first-order valence-electron chi connectivity index (χ1n) is 10.2. The fourth-order valence-electron chi connectivity index (χ4n) is 4.14. The third-order valence-corrected chi connectivity index (χ3v) is 5.68. The summed E-state index contributed by atoms with van der Waals surface area (Å²) in [6.45, 7) is 0. The van der Waals surface area contributed by atoms with E-state index in [0.717, 1.165) is 34.8 Å². The van der Waals surface area contributed by atoms with Crippen LogP contribution >= 0.6 is 0 Å². The molecule has 0 spiro atoms. The molecule has 2 aromatic carbocycles. The Morgan fingerprint density at radius 1 is 0.862 bits per heavy atom. The maximum absolute atomic E-state index is 4.76. The Hall–Kier alpha value is -3.35. The van der Waals surface area contributed by atoms with E-state index in [-0.39, 0.29) is 0 Å². The number of hydrogen-bond acceptors (Lipinski definition) is 5. The topological polar surface area (TPSA) is 96.0 Å². The van der Waals surface area contributed by atoms with Crippen molar-refractivity contribution in [2.75, 3.05) is 0 Å². The van der Waals surface area contributed by atoms with Crippen molar-refractivity contribution < 1.29 is 0 Å². The van der Waals surface area contributed by atoms with Gasteiger partial charge in [0.25, 0.3) is 0 Å². The minimum Gasteiger partial charge on any atom is -0.263 e. The Morgan fingerprint density at radius 3 is 2.41 bits per heavy atom. The predicted molar refractivity (Wildman–Crippen MR) is 110 cm³/mol. The molecule has 5 rings (SSSR count). The molecule has 7 heteroatoms. The molecule has 0 saturated heterocycles. The molecule has 1 aliphatic rings. The van der Waals surface area contributed by atoms with Gasteiger partial charge in [-0.25, -0.2) is 10.1 Å². The van der Waals surface area contributed by atoms with Crippen LogP contribution in [0.5, 0.6) is 0 Å². The zero-order valence-electron chi connectivity index (χ0n) is 16.2. The average Bonchev–Trinajstić information content (AvgIpc) is 3.48. The molecular weight excluding hydrogens is 362 g/mol. The first-order valence-corrected chi connectivity index (χ1v) is 10.2. The fraction of sp³-hybridized carbons (Fsp3) is 0.318. The Balaban J connectivity index is 1.33. The highest BCUT2D eigenvalue weighted by atomic mass is 15.5.